The van der Waals surface area contributed by atoms with Crippen LogP contribution in [0.4, 0.5) is 17.6 Å². The van der Waals surface area contributed by atoms with Crippen LogP contribution in [-0.2, 0) is 7.05 Å². The molecule has 0 aromatic carbocycles. The lowest BCUT2D eigenvalue weighted by Crippen LogP contribution is -2.37. The molecule has 0 spiro atoms. The van der Waals surface area contributed by atoms with Gasteiger partial charge in [0.1, 0.15) is 5.69 Å². The number of hydrogen-bond acceptors (Lipinski definition) is 5. The molecule has 1 saturated carbocycles. The molecule has 0 atom stereocenters. The van der Waals surface area contributed by atoms with Crippen molar-refractivity contribution in [1.29, 1.82) is 0 Å². The highest BCUT2D eigenvalue weighted by Crippen LogP contribution is 2.19. The number of aliphatic hydroxyl groups is 1. The smallest absolute Gasteiger partial charge is 0.348 e. The lowest BCUT2D eigenvalue weighted by Gasteiger charge is -2.22. The van der Waals surface area contributed by atoms with Crippen LogP contribution in [0.2, 0.25) is 0 Å². The highest BCUT2D eigenvalue weighted by Gasteiger charge is 2.22. The predicted molar refractivity (Wildman–Crippen MR) is 88.9 cm³/mol. The van der Waals surface area contributed by atoms with E-state index >= 15 is 0 Å². The minimum atomic E-state index is -5.00. The molecule has 3 rings (SSSR count). The van der Waals surface area contributed by atoms with Crippen LogP contribution in [0.5, 0.6) is 0 Å². The Labute approximate surface area is 154 Å². The number of alkyl halides is 3. The fourth-order valence-electron chi connectivity index (χ4n) is 2.72. The monoisotopic (exact) mass is 391 g/mol. The highest BCUT2D eigenvalue weighted by atomic mass is 19.4. The van der Waals surface area contributed by atoms with Gasteiger partial charge in [0.05, 0.1) is 18.7 Å². The van der Waals surface area contributed by atoms with E-state index in [1.807, 2.05) is 0 Å². The summed E-state index contributed by atoms with van der Waals surface area (Å²) in [7, 11) is 1.79. The highest BCUT2D eigenvalue weighted by molar-refractivity contribution is 5.93. The molecule has 1 fully saturated rings. The van der Waals surface area contributed by atoms with Gasteiger partial charge >= 0.3 is 6.36 Å². The average molecular weight is 391 g/mol. The zero-order valence-electron chi connectivity index (χ0n) is 14.5. The molecule has 0 radical (unpaired) electrons. The molecule has 11 heteroatoms. The van der Waals surface area contributed by atoms with Crippen LogP contribution in [0.1, 0.15) is 44.0 Å². The summed E-state index contributed by atoms with van der Waals surface area (Å²) in [6, 6.07) is 0.107. The maximum atomic E-state index is 13.9. The second-order valence-corrected chi connectivity index (χ2v) is 6.06. The first kappa shape index (κ1) is 20.7. The van der Waals surface area contributed by atoms with Crippen LogP contribution in [-0.4, -0.2) is 42.9 Å². The molecule has 2 heterocycles. The van der Waals surface area contributed by atoms with Gasteiger partial charge in [-0.05, 0) is 12.8 Å². The summed E-state index contributed by atoms with van der Waals surface area (Å²) in [5, 5.41) is 9.39. The first-order valence-corrected chi connectivity index (χ1v) is 8.24. The van der Waals surface area contributed by atoms with Gasteiger partial charge in [-0.15, -0.1) is 13.2 Å². The molecule has 1 aliphatic rings. The molecule has 1 amide bonds. The van der Waals surface area contributed by atoms with Gasteiger partial charge in [0.15, 0.2) is 17.3 Å². The van der Waals surface area contributed by atoms with Gasteiger partial charge in [0.2, 0.25) is 0 Å². The van der Waals surface area contributed by atoms with Gasteiger partial charge in [0, 0.05) is 14.5 Å². The summed E-state index contributed by atoms with van der Waals surface area (Å²) < 4.78 is 45.4. The molecule has 1 aliphatic carbocycles. The van der Waals surface area contributed by atoms with Crippen molar-refractivity contribution in [2.75, 3.05) is 0 Å². The summed E-state index contributed by atoms with van der Waals surface area (Å²) in [5.41, 5.74) is 0.420. The molecular weight excluding hydrogens is 370 g/mol. The Morgan fingerprint density at radius 2 is 1.93 bits per heavy atom. The molecular formula is C16H21F4N5O2. The third-order valence-corrected chi connectivity index (χ3v) is 3.95. The van der Waals surface area contributed by atoms with E-state index < -0.39 is 18.1 Å². The van der Waals surface area contributed by atoms with E-state index in [4.69, 9.17) is 5.11 Å². The summed E-state index contributed by atoms with van der Waals surface area (Å²) in [6.07, 6.45) is 4.47. The number of aromatic nitrogens is 4. The van der Waals surface area contributed by atoms with E-state index in [0.29, 0.717) is 5.69 Å². The van der Waals surface area contributed by atoms with Gasteiger partial charge in [-0.2, -0.15) is 0 Å². The number of nitrogens with zero attached hydrogens (tertiary/aromatic N) is 4. The molecule has 0 bridgehead atoms. The van der Waals surface area contributed by atoms with E-state index in [1.165, 1.54) is 6.42 Å². The molecule has 0 aliphatic heterocycles. The van der Waals surface area contributed by atoms with Gasteiger partial charge < -0.3 is 15.0 Å². The number of hydrogen-bond donors (Lipinski definition) is 2. The number of carbonyl (C=O) groups is 1. The van der Waals surface area contributed by atoms with Crippen molar-refractivity contribution in [3.63, 3.8) is 0 Å². The normalized spacial score (nSPS) is 15.0. The maximum absolute atomic E-state index is 13.9. The third-order valence-electron chi connectivity index (χ3n) is 3.95. The Hall–Kier alpha value is -2.56. The van der Waals surface area contributed by atoms with E-state index in [1.54, 1.807) is 24.1 Å². The maximum Gasteiger partial charge on any atom is 0.519 e. The molecule has 27 heavy (non-hydrogen) atoms. The molecule has 2 aromatic rings. The number of aryl methyl sites for hydroxylation is 1. The fraction of sp³-hybridized carbons (Fsp3) is 0.500. The van der Waals surface area contributed by atoms with Crippen molar-refractivity contribution in [3.05, 3.63) is 30.2 Å². The van der Waals surface area contributed by atoms with Gasteiger partial charge in [-0.1, -0.05) is 19.3 Å². The SMILES string of the molecule is Cn1cncc1-c1ncc(F)c(C(=O)NC2CCCCC2)n1.OC(F)(F)F.[HH]. The quantitative estimate of drug-likeness (QED) is 0.785. The van der Waals surface area contributed by atoms with Crippen LogP contribution in [0.3, 0.4) is 0 Å². The van der Waals surface area contributed by atoms with Crippen molar-refractivity contribution in [3.8, 4) is 11.5 Å². The number of amides is 1. The Morgan fingerprint density at radius 1 is 1.30 bits per heavy atom. The van der Waals surface area contributed by atoms with Crippen LogP contribution in [0, 0.1) is 5.82 Å². The second-order valence-electron chi connectivity index (χ2n) is 6.06. The topological polar surface area (TPSA) is 92.9 Å². The second kappa shape index (κ2) is 8.89. The number of imidazole rings is 1. The minimum absolute atomic E-state index is 0. The van der Waals surface area contributed by atoms with E-state index in [2.05, 4.69) is 20.3 Å². The van der Waals surface area contributed by atoms with E-state index in [0.717, 1.165) is 31.9 Å². The number of halogens is 4. The lowest BCUT2D eigenvalue weighted by molar-refractivity contribution is -0.295. The predicted octanol–water partition coefficient (Wildman–Crippen LogP) is 2.82. The Balaban J connectivity index is 0.000000584. The molecule has 2 aromatic heterocycles. The Kier molecular flexibility index (Phi) is 6.83. The third kappa shape index (κ3) is 6.59. The van der Waals surface area contributed by atoms with Crippen molar-refractivity contribution in [2.24, 2.45) is 7.05 Å². The van der Waals surface area contributed by atoms with Crippen LogP contribution < -0.4 is 5.32 Å². The fourth-order valence-corrected chi connectivity index (χ4v) is 2.72. The van der Waals surface area contributed by atoms with Crippen molar-refractivity contribution < 1.29 is 28.9 Å². The summed E-state index contributed by atoms with van der Waals surface area (Å²) in [6.45, 7) is 0. The zero-order valence-corrected chi connectivity index (χ0v) is 14.5. The first-order chi connectivity index (χ1) is 12.6. The van der Waals surface area contributed by atoms with Crippen molar-refractivity contribution in [2.45, 2.75) is 44.5 Å². The first-order valence-electron chi connectivity index (χ1n) is 8.24. The van der Waals surface area contributed by atoms with Gasteiger partial charge in [0.25, 0.3) is 5.91 Å². The standard InChI is InChI=1S/C15H18FN5O.CHF3O.H2/c1-21-9-17-8-12(21)14-18-7-11(16)13(20-14)15(22)19-10-5-3-2-4-6-10;2-1(3,4)5;/h7-10H,2-6H2,1H3,(H,19,22);5H;1H. The van der Waals surface area contributed by atoms with Crippen LogP contribution >= 0.6 is 0 Å². The van der Waals surface area contributed by atoms with Gasteiger partial charge in [-0.3, -0.25) is 4.79 Å². The van der Waals surface area contributed by atoms with Crippen molar-refractivity contribution in [1.82, 2.24) is 24.8 Å². The average Bonchev–Trinajstić information content (AvgIpc) is 3.01. The number of carbonyl (C=O) groups excluding carboxylic acids is 1. The summed E-state index contributed by atoms with van der Waals surface area (Å²) in [5.74, 6) is -0.898. The Morgan fingerprint density at radius 3 is 2.48 bits per heavy atom. The molecule has 7 nitrogen and oxygen atoms in total. The summed E-state index contributed by atoms with van der Waals surface area (Å²) in [4.78, 5) is 24.3. The number of nitrogens with one attached hydrogen (secondary N) is 1. The number of rotatable bonds is 3. The molecule has 0 saturated heterocycles. The van der Waals surface area contributed by atoms with Crippen LogP contribution in [0.25, 0.3) is 11.5 Å². The zero-order chi connectivity index (χ0) is 20.0. The van der Waals surface area contributed by atoms with E-state index in [-0.39, 0.29) is 19.0 Å². The molecule has 0 unspecified atom stereocenters. The lowest BCUT2D eigenvalue weighted by atomic mass is 9.95. The molecule has 150 valence electrons. The molecule has 2 N–H and O–H groups in total. The van der Waals surface area contributed by atoms with E-state index in [9.17, 15) is 22.4 Å². The minimum Gasteiger partial charge on any atom is -0.348 e. The van der Waals surface area contributed by atoms with Crippen LogP contribution in [0.15, 0.2) is 18.7 Å². The summed E-state index contributed by atoms with van der Waals surface area (Å²) >= 11 is 0. The Bertz CT molecular complexity index is 773. The largest absolute Gasteiger partial charge is 0.519 e. The van der Waals surface area contributed by atoms with Crippen molar-refractivity contribution >= 4 is 5.91 Å². The van der Waals surface area contributed by atoms with Gasteiger partial charge in [-0.25, -0.2) is 19.3 Å².